The van der Waals surface area contributed by atoms with E-state index in [9.17, 15) is 4.79 Å². The van der Waals surface area contributed by atoms with E-state index in [1.165, 1.54) is 38.5 Å². The standard InChI is InChI=1S/C27H34N2O4/c1-31-23-11-9-19-25(30)20-10-12-24(32-2)22(18-29-15-7-4-8-16-29)27(20)33-26(19)21(23)17-28-13-5-3-6-14-28/h9-12H,3-8,13-18H2,1-2H3. The van der Waals surface area contributed by atoms with E-state index >= 15 is 0 Å². The molecular formula is C27H34N2O4. The van der Waals surface area contributed by atoms with E-state index < -0.39 is 0 Å². The van der Waals surface area contributed by atoms with Crippen LogP contribution in [0.25, 0.3) is 21.9 Å². The summed E-state index contributed by atoms with van der Waals surface area (Å²) in [5.74, 6) is 1.55. The van der Waals surface area contributed by atoms with Gasteiger partial charge in [0.05, 0.1) is 36.1 Å². The van der Waals surface area contributed by atoms with Crippen molar-refractivity contribution in [3.05, 3.63) is 45.6 Å². The predicted octanol–water partition coefficient (Wildman–Crippen LogP) is 4.94. The number of fused-ring (bicyclic) bond motifs is 2. The molecule has 33 heavy (non-hydrogen) atoms. The van der Waals surface area contributed by atoms with Crippen molar-refractivity contribution in [3.8, 4) is 11.5 Å². The van der Waals surface area contributed by atoms with Gasteiger partial charge in [-0.15, -0.1) is 0 Å². The SMILES string of the molecule is COc1ccc2c(=O)c3ccc(OC)c(CN4CCCCC4)c3oc2c1CN1CCCCC1. The fourth-order valence-electron chi connectivity index (χ4n) is 5.42. The highest BCUT2D eigenvalue weighted by Crippen LogP contribution is 2.35. The van der Waals surface area contributed by atoms with Crippen LogP contribution in [0.15, 0.2) is 33.5 Å². The van der Waals surface area contributed by atoms with E-state index in [1.54, 1.807) is 14.2 Å². The molecule has 0 spiro atoms. The van der Waals surface area contributed by atoms with Crippen molar-refractivity contribution in [1.82, 2.24) is 9.80 Å². The molecule has 0 bridgehead atoms. The molecule has 0 radical (unpaired) electrons. The van der Waals surface area contributed by atoms with Gasteiger partial charge in [0.15, 0.2) is 0 Å². The van der Waals surface area contributed by atoms with Crippen molar-refractivity contribution < 1.29 is 13.9 Å². The zero-order valence-corrected chi connectivity index (χ0v) is 19.8. The van der Waals surface area contributed by atoms with Gasteiger partial charge in [-0.05, 0) is 76.1 Å². The first-order valence-electron chi connectivity index (χ1n) is 12.3. The topological polar surface area (TPSA) is 55.2 Å². The Labute approximate surface area is 195 Å². The fourth-order valence-corrected chi connectivity index (χ4v) is 5.42. The number of nitrogens with zero attached hydrogens (tertiary/aromatic N) is 2. The maximum atomic E-state index is 13.6. The Kier molecular flexibility index (Phi) is 6.56. The van der Waals surface area contributed by atoms with Gasteiger partial charge in [-0.3, -0.25) is 14.6 Å². The fraction of sp³-hybridized carbons (Fsp3) is 0.519. The summed E-state index contributed by atoms with van der Waals surface area (Å²) >= 11 is 0. The largest absolute Gasteiger partial charge is 0.496 e. The van der Waals surface area contributed by atoms with Crippen LogP contribution in [0, 0.1) is 0 Å². The van der Waals surface area contributed by atoms with Gasteiger partial charge in [-0.2, -0.15) is 0 Å². The number of rotatable bonds is 6. The molecule has 2 aliphatic heterocycles. The molecule has 6 heteroatoms. The smallest absolute Gasteiger partial charge is 0.200 e. The van der Waals surface area contributed by atoms with E-state index in [0.29, 0.717) is 21.9 Å². The number of likely N-dealkylation sites (tertiary alicyclic amines) is 2. The summed E-state index contributed by atoms with van der Waals surface area (Å²) in [5, 5.41) is 1.23. The Morgan fingerprint density at radius 1 is 0.697 bits per heavy atom. The Morgan fingerprint density at radius 3 is 1.52 bits per heavy atom. The molecule has 5 rings (SSSR count). The van der Waals surface area contributed by atoms with Crippen molar-refractivity contribution >= 4 is 21.9 Å². The van der Waals surface area contributed by atoms with Crippen molar-refractivity contribution in [2.75, 3.05) is 40.4 Å². The average molecular weight is 451 g/mol. The van der Waals surface area contributed by atoms with Crippen LogP contribution in [0.5, 0.6) is 11.5 Å². The molecule has 2 fully saturated rings. The Morgan fingerprint density at radius 2 is 1.12 bits per heavy atom. The van der Waals surface area contributed by atoms with Gasteiger partial charge < -0.3 is 13.9 Å². The predicted molar refractivity (Wildman–Crippen MR) is 131 cm³/mol. The second kappa shape index (κ2) is 9.74. The second-order valence-electron chi connectivity index (χ2n) is 9.35. The van der Waals surface area contributed by atoms with Crippen LogP contribution >= 0.6 is 0 Å². The van der Waals surface area contributed by atoms with E-state index in [0.717, 1.165) is 61.9 Å². The average Bonchev–Trinajstić information content (AvgIpc) is 2.86. The maximum absolute atomic E-state index is 13.6. The summed E-state index contributed by atoms with van der Waals surface area (Å²) < 4.78 is 18.1. The number of hydrogen-bond acceptors (Lipinski definition) is 6. The first-order chi connectivity index (χ1) is 16.2. The van der Waals surface area contributed by atoms with Crippen molar-refractivity contribution in [2.45, 2.75) is 51.6 Å². The third-order valence-electron chi connectivity index (χ3n) is 7.23. The number of hydrogen-bond donors (Lipinski definition) is 0. The molecule has 0 unspecified atom stereocenters. The quantitative estimate of drug-likeness (QED) is 0.496. The van der Waals surface area contributed by atoms with Crippen LogP contribution in [-0.4, -0.2) is 50.2 Å². The molecule has 2 aromatic carbocycles. The number of benzene rings is 2. The summed E-state index contributed by atoms with van der Waals surface area (Å²) in [6.45, 7) is 5.69. The van der Waals surface area contributed by atoms with E-state index in [-0.39, 0.29) is 5.43 Å². The Balaban J connectivity index is 1.69. The summed E-state index contributed by atoms with van der Waals surface area (Å²) in [4.78, 5) is 18.5. The zero-order valence-electron chi connectivity index (χ0n) is 19.8. The van der Waals surface area contributed by atoms with Crippen LogP contribution in [0.4, 0.5) is 0 Å². The minimum absolute atomic E-state index is 0.0105. The second-order valence-corrected chi connectivity index (χ2v) is 9.35. The van der Waals surface area contributed by atoms with Crippen LogP contribution in [0.3, 0.4) is 0 Å². The highest BCUT2D eigenvalue weighted by Gasteiger charge is 2.23. The van der Waals surface area contributed by atoms with Crippen molar-refractivity contribution in [3.63, 3.8) is 0 Å². The normalized spacial score (nSPS) is 18.1. The number of piperidine rings is 2. The van der Waals surface area contributed by atoms with Crippen LogP contribution in [0.2, 0.25) is 0 Å². The summed E-state index contributed by atoms with van der Waals surface area (Å²) in [5.41, 5.74) is 3.22. The van der Waals surface area contributed by atoms with Crippen molar-refractivity contribution in [2.24, 2.45) is 0 Å². The third kappa shape index (κ3) is 4.34. The number of ether oxygens (including phenoxy) is 2. The van der Waals surface area contributed by atoms with Gasteiger partial charge in [-0.25, -0.2) is 0 Å². The molecule has 3 heterocycles. The molecular weight excluding hydrogens is 416 g/mol. The van der Waals surface area contributed by atoms with Crippen LogP contribution in [-0.2, 0) is 13.1 Å². The van der Waals surface area contributed by atoms with E-state index in [4.69, 9.17) is 13.9 Å². The van der Waals surface area contributed by atoms with Crippen molar-refractivity contribution in [1.29, 1.82) is 0 Å². The van der Waals surface area contributed by atoms with Crippen LogP contribution < -0.4 is 14.9 Å². The lowest BCUT2D eigenvalue weighted by Gasteiger charge is -2.28. The summed E-state index contributed by atoms with van der Waals surface area (Å²) in [7, 11) is 3.37. The highest BCUT2D eigenvalue weighted by atomic mass is 16.5. The van der Waals surface area contributed by atoms with Gasteiger partial charge in [0.2, 0.25) is 5.43 Å². The molecule has 3 aromatic rings. The third-order valence-corrected chi connectivity index (χ3v) is 7.23. The molecule has 6 nitrogen and oxygen atoms in total. The molecule has 2 saturated heterocycles. The first kappa shape index (κ1) is 22.2. The van der Waals surface area contributed by atoms with Gasteiger partial charge >= 0.3 is 0 Å². The Bertz CT molecular complexity index is 1100. The van der Waals surface area contributed by atoms with Gasteiger partial charge in [0.25, 0.3) is 0 Å². The number of methoxy groups -OCH3 is 2. The van der Waals surface area contributed by atoms with E-state index in [1.807, 2.05) is 24.3 Å². The zero-order chi connectivity index (χ0) is 22.8. The summed E-state index contributed by atoms with van der Waals surface area (Å²) in [6, 6.07) is 7.49. The summed E-state index contributed by atoms with van der Waals surface area (Å²) in [6.07, 6.45) is 7.38. The maximum Gasteiger partial charge on any atom is 0.200 e. The lowest BCUT2D eigenvalue weighted by atomic mass is 10.0. The van der Waals surface area contributed by atoms with Gasteiger partial charge in [0, 0.05) is 13.1 Å². The molecule has 0 N–H and O–H groups in total. The van der Waals surface area contributed by atoms with Crippen LogP contribution in [0.1, 0.15) is 49.7 Å². The van der Waals surface area contributed by atoms with Gasteiger partial charge in [0.1, 0.15) is 22.7 Å². The lowest BCUT2D eigenvalue weighted by Crippen LogP contribution is -2.29. The van der Waals surface area contributed by atoms with E-state index in [2.05, 4.69) is 9.80 Å². The molecule has 0 atom stereocenters. The molecule has 2 aliphatic rings. The minimum atomic E-state index is 0.0105. The molecule has 176 valence electrons. The highest BCUT2D eigenvalue weighted by molar-refractivity contribution is 5.94. The first-order valence-corrected chi connectivity index (χ1v) is 12.3. The molecule has 0 amide bonds. The molecule has 0 saturated carbocycles. The molecule has 1 aromatic heterocycles. The molecule has 0 aliphatic carbocycles. The lowest BCUT2D eigenvalue weighted by molar-refractivity contribution is 0.217. The minimum Gasteiger partial charge on any atom is -0.496 e. The monoisotopic (exact) mass is 450 g/mol. The van der Waals surface area contributed by atoms with Gasteiger partial charge in [-0.1, -0.05) is 12.8 Å². The Hall–Kier alpha value is -2.57.